The second-order valence-electron chi connectivity index (χ2n) is 1.40. The van der Waals surface area contributed by atoms with E-state index in [2.05, 4.69) is 4.74 Å². The summed E-state index contributed by atoms with van der Waals surface area (Å²) in [6.45, 7) is 0. The summed E-state index contributed by atoms with van der Waals surface area (Å²) in [5.74, 6) is -0.626. The molecule has 0 bridgehead atoms. The van der Waals surface area contributed by atoms with Crippen LogP contribution in [0.3, 0.4) is 0 Å². The number of allylic oxidation sites excluding steroid dienone is 1. The number of carbonyl (C=O) groups is 1. The Labute approximate surface area is 73.7 Å². The van der Waals surface area contributed by atoms with E-state index in [9.17, 15) is 4.79 Å². The molecule has 0 aromatic heterocycles. The van der Waals surface area contributed by atoms with Crippen LogP contribution >= 0.6 is 34.8 Å². The van der Waals surface area contributed by atoms with Crippen molar-refractivity contribution in [1.29, 1.82) is 0 Å². The Morgan fingerprint density at radius 1 is 1.50 bits per heavy atom. The highest BCUT2D eigenvalue weighted by Crippen LogP contribution is 2.27. The van der Waals surface area contributed by atoms with Gasteiger partial charge in [-0.3, -0.25) is 4.79 Å². The van der Waals surface area contributed by atoms with E-state index in [1.165, 1.54) is 7.11 Å². The van der Waals surface area contributed by atoms with Crippen molar-refractivity contribution >= 4 is 40.6 Å². The lowest BCUT2D eigenvalue weighted by molar-refractivity contribution is -0.113. The molecule has 0 aliphatic carbocycles. The van der Waals surface area contributed by atoms with Crippen LogP contribution in [-0.4, -0.2) is 16.7 Å². The summed E-state index contributed by atoms with van der Waals surface area (Å²) in [6.07, 6.45) is 2.19. The Kier molecular flexibility index (Phi) is 4.09. The molecule has 0 fully saturated rings. The summed E-state index contributed by atoms with van der Waals surface area (Å²) < 4.78 is 2.55. The first-order valence-corrected chi connectivity index (χ1v) is 3.42. The normalized spacial score (nSPS) is 12.0. The fourth-order valence-electron chi connectivity index (χ4n) is 0.224. The molecule has 5 heteroatoms. The van der Waals surface area contributed by atoms with Crippen LogP contribution < -0.4 is 0 Å². The molecule has 0 heterocycles. The van der Waals surface area contributed by atoms with Gasteiger partial charge >= 0.3 is 0 Å². The number of alkyl halides is 3. The monoisotopic (exact) mass is 202 g/mol. The molecule has 0 unspecified atom stereocenters. The van der Waals surface area contributed by atoms with Gasteiger partial charge in [0, 0.05) is 6.08 Å². The number of halogens is 3. The molecule has 10 heavy (non-hydrogen) atoms. The number of hydrogen-bond acceptors (Lipinski definition) is 2. The molecule has 0 saturated carbocycles. The average Bonchev–Trinajstić information content (AvgIpc) is 1.80. The van der Waals surface area contributed by atoms with Gasteiger partial charge in [0.05, 0.1) is 13.4 Å². The Bertz CT molecular complexity index is 147. The largest absolute Gasteiger partial charge is 0.504 e. The van der Waals surface area contributed by atoms with E-state index in [1.807, 2.05) is 0 Å². The number of hydrogen-bond donors (Lipinski definition) is 0. The maximum atomic E-state index is 10.7. The molecule has 0 aliphatic heterocycles. The summed E-state index contributed by atoms with van der Waals surface area (Å²) in [6, 6.07) is 0. The third-order valence-electron chi connectivity index (χ3n) is 0.635. The van der Waals surface area contributed by atoms with E-state index in [0.29, 0.717) is 0 Å². The molecule has 0 rings (SSSR count). The van der Waals surface area contributed by atoms with Gasteiger partial charge in [0.1, 0.15) is 0 Å². The number of methoxy groups -OCH3 is 1. The van der Waals surface area contributed by atoms with Gasteiger partial charge in [0.2, 0.25) is 5.78 Å². The fourth-order valence-corrected chi connectivity index (χ4v) is 0.413. The Morgan fingerprint density at radius 2 is 2.00 bits per heavy atom. The summed E-state index contributed by atoms with van der Waals surface area (Å²) in [5, 5.41) is 0. The smallest absolute Gasteiger partial charge is 0.252 e. The van der Waals surface area contributed by atoms with Crippen LogP contribution in [-0.2, 0) is 9.53 Å². The molecule has 0 aromatic carbocycles. The Hall–Kier alpha value is 0.0800. The van der Waals surface area contributed by atoms with E-state index in [0.717, 1.165) is 12.3 Å². The quantitative estimate of drug-likeness (QED) is 0.390. The van der Waals surface area contributed by atoms with E-state index in [1.54, 1.807) is 0 Å². The summed E-state index contributed by atoms with van der Waals surface area (Å²) in [5.41, 5.74) is 0. The maximum absolute atomic E-state index is 10.7. The zero-order chi connectivity index (χ0) is 8.20. The molecule has 2 nitrogen and oxygen atoms in total. The average molecular weight is 203 g/mol. The molecule has 0 aliphatic rings. The molecule has 0 aromatic rings. The van der Waals surface area contributed by atoms with Crippen molar-refractivity contribution in [2.45, 2.75) is 3.79 Å². The van der Waals surface area contributed by atoms with Gasteiger partial charge in [-0.15, -0.1) is 0 Å². The van der Waals surface area contributed by atoms with Crippen LogP contribution in [0.1, 0.15) is 0 Å². The van der Waals surface area contributed by atoms with Crippen LogP contribution in [0, 0.1) is 0 Å². The standard InChI is InChI=1S/C5H5Cl3O2/c1-10-3-2-4(9)5(6,7)8/h2-3H,1H3/b3-2-. The lowest BCUT2D eigenvalue weighted by Gasteiger charge is -2.03. The minimum atomic E-state index is -1.88. The van der Waals surface area contributed by atoms with Crippen molar-refractivity contribution in [2.75, 3.05) is 7.11 Å². The number of ether oxygens (including phenoxy) is 1. The minimum absolute atomic E-state index is 0.626. The molecular weight excluding hydrogens is 198 g/mol. The van der Waals surface area contributed by atoms with Crippen LogP contribution in [0.4, 0.5) is 0 Å². The van der Waals surface area contributed by atoms with Gasteiger partial charge < -0.3 is 4.74 Å². The zero-order valence-corrected chi connectivity index (χ0v) is 7.37. The Morgan fingerprint density at radius 3 is 2.30 bits per heavy atom. The minimum Gasteiger partial charge on any atom is -0.504 e. The maximum Gasteiger partial charge on any atom is 0.252 e. The molecule has 58 valence electrons. The van der Waals surface area contributed by atoms with Gasteiger partial charge in [0.25, 0.3) is 3.79 Å². The van der Waals surface area contributed by atoms with Crippen molar-refractivity contribution in [1.82, 2.24) is 0 Å². The second-order valence-corrected chi connectivity index (χ2v) is 3.68. The van der Waals surface area contributed by atoms with Crippen molar-refractivity contribution in [3.63, 3.8) is 0 Å². The SMILES string of the molecule is CO/C=C\C(=O)C(Cl)(Cl)Cl. The molecule has 0 amide bonds. The highest BCUT2D eigenvalue weighted by Gasteiger charge is 2.27. The van der Waals surface area contributed by atoms with Crippen molar-refractivity contribution in [3.8, 4) is 0 Å². The number of ketones is 1. The molecule has 0 saturated heterocycles. The third-order valence-corrected chi connectivity index (χ3v) is 1.19. The van der Waals surface area contributed by atoms with Gasteiger partial charge in [-0.2, -0.15) is 0 Å². The molecule has 0 atom stereocenters. The van der Waals surface area contributed by atoms with Crippen molar-refractivity contribution in [3.05, 3.63) is 12.3 Å². The van der Waals surface area contributed by atoms with E-state index < -0.39 is 9.58 Å². The predicted octanol–water partition coefficient (Wildman–Crippen LogP) is 2.09. The number of carbonyl (C=O) groups excluding carboxylic acids is 1. The highest BCUT2D eigenvalue weighted by atomic mass is 35.6. The Balaban J connectivity index is 3.98. The summed E-state index contributed by atoms with van der Waals surface area (Å²) >= 11 is 15.6. The van der Waals surface area contributed by atoms with Gasteiger partial charge in [-0.25, -0.2) is 0 Å². The molecule has 0 N–H and O–H groups in total. The van der Waals surface area contributed by atoms with E-state index in [-0.39, 0.29) is 0 Å². The molecule has 0 radical (unpaired) electrons. The zero-order valence-electron chi connectivity index (χ0n) is 5.11. The second kappa shape index (κ2) is 4.06. The highest BCUT2D eigenvalue weighted by molar-refractivity contribution is 6.77. The van der Waals surface area contributed by atoms with Gasteiger partial charge in [-0.05, 0) is 0 Å². The first kappa shape index (κ1) is 10.1. The first-order valence-electron chi connectivity index (χ1n) is 2.29. The van der Waals surface area contributed by atoms with E-state index in [4.69, 9.17) is 34.8 Å². The lowest BCUT2D eigenvalue weighted by Crippen LogP contribution is -2.15. The van der Waals surface area contributed by atoms with Crippen LogP contribution in [0.5, 0.6) is 0 Å². The lowest BCUT2D eigenvalue weighted by atomic mass is 10.4. The van der Waals surface area contributed by atoms with Crippen LogP contribution in [0.25, 0.3) is 0 Å². The third kappa shape index (κ3) is 3.99. The topological polar surface area (TPSA) is 26.3 Å². The summed E-state index contributed by atoms with van der Waals surface area (Å²) in [7, 11) is 1.39. The van der Waals surface area contributed by atoms with Gasteiger partial charge in [-0.1, -0.05) is 34.8 Å². The van der Waals surface area contributed by atoms with Crippen LogP contribution in [0.15, 0.2) is 12.3 Å². The first-order chi connectivity index (χ1) is 4.48. The molecular formula is C5H5Cl3O2. The van der Waals surface area contributed by atoms with Crippen molar-refractivity contribution in [2.24, 2.45) is 0 Å². The van der Waals surface area contributed by atoms with Crippen LogP contribution in [0.2, 0.25) is 0 Å². The fraction of sp³-hybridized carbons (Fsp3) is 0.400. The number of rotatable bonds is 2. The predicted molar refractivity (Wildman–Crippen MR) is 41.4 cm³/mol. The van der Waals surface area contributed by atoms with Gasteiger partial charge in [0.15, 0.2) is 0 Å². The van der Waals surface area contributed by atoms with E-state index >= 15 is 0 Å². The van der Waals surface area contributed by atoms with Crippen molar-refractivity contribution < 1.29 is 9.53 Å². The summed E-state index contributed by atoms with van der Waals surface area (Å²) in [4.78, 5) is 10.7. The molecule has 0 spiro atoms.